The van der Waals surface area contributed by atoms with E-state index in [2.05, 4.69) is 17.4 Å². The molecule has 5 heteroatoms. The fraction of sp³-hybridized carbons (Fsp3) is 0.300. The molecule has 1 atom stereocenters. The van der Waals surface area contributed by atoms with E-state index in [1.807, 2.05) is 41.3 Å². The van der Waals surface area contributed by atoms with E-state index in [1.54, 1.807) is 0 Å². The van der Waals surface area contributed by atoms with Crippen LogP contribution in [0.15, 0.2) is 48.5 Å². The number of amides is 2. The van der Waals surface area contributed by atoms with Crippen LogP contribution in [0.3, 0.4) is 0 Å². The van der Waals surface area contributed by atoms with Gasteiger partial charge < -0.3 is 10.2 Å². The zero-order chi connectivity index (χ0) is 17.2. The van der Waals surface area contributed by atoms with Gasteiger partial charge in [-0.3, -0.25) is 9.59 Å². The van der Waals surface area contributed by atoms with Crippen molar-refractivity contribution in [2.24, 2.45) is 0 Å². The molecule has 0 aromatic heterocycles. The third-order valence-electron chi connectivity index (χ3n) is 4.84. The largest absolute Gasteiger partial charge is 0.325 e. The summed E-state index contributed by atoms with van der Waals surface area (Å²) >= 11 is 1.46. The second-order valence-corrected chi connectivity index (χ2v) is 7.60. The van der Waals surface area contributed by atoms with E-state index in [1.165, 1.54) is 22.9 Å². The zero-order valence-electron chi connectivity index (χ0n) is 13.9. The third kappa shape index (κ3) is 3.29. The van der Waals surface area contributed by atoms with E-state index in [9.17, 15) is 9.59 Å². The lowest BCUT2D eigenvalue weighted by molar-refractivity contribution is -0.116. The second kappa shape index (κ2) is 6.92. The highest BCUT2D eigenvalue weighted by molar-refractivity contribution is 8.01. The number of carbonyl (C=O) groups excluding carboxylic acids is 2. The molecule has 0 bridgehead atoms. The highest BCUT2D eigenvalue weighted by Gasteiger charge is 2.28. The molecule has 2 aliphatic heterocycles. The molecule has 25 heavy (non-hydrogen) atoms. The summed E-state index contributed by atoms with van der Waals surface area (Å²) < 4.78 is 0. The van der Waals surface area contributed by atoms with Gasteiger partial charge in [-0.25, -0.2) is 0 Å². The van der Waals surface area contributed by atoms with Gasteiger partial charge in [0.1, 0.15) is 0 Å². The number of carbonyl (C=O) groups is 2. The number of nitrogens with one attached hydrogen (secondary N) is 1. The van der Waals surface area contributed by atoms with Crippen LogP contribution in [-0.4, -0.2) is 29.4 Å². The van der Waals surface area contributed by atoms with E-state index < -0.39 is 0 Å². The van der Waals surface area contributed by atoms with Crippen LogP contribution in [0.1, 0.15) is 17.5 Å². The van der Waals surface area contributed by atoms with Gasteiger partial charge >= 0.3 is 0 Å². The van der Waals surface area contributed by atoms with Crippen LogP contribution in [-0.2, 0) is 22.4 Å². The van der Waals surface area contributed by atoms with Gasteiger partial charge in [-0.15, -0.1) is 11.8 Å². The van der Waals surface area contributed by atoms with Gasteiger partial charge in [-0.05, 0) is 42.5 Å². The minimum Gasteiger partial charge on any atom is -0.325 e. The smallest absolute Gasteiger partial charge is 0.237 e. The summed E-state index contributed by atoms with van der Waals surface area (Å²) in [5.74, 6) is 0.428. The molecule has 0 unspecified atom stereocenters. The number of fused-ring (bicyclic) bond motifs is 2. The van der Waals surface area contributed by atoms with Crippen LogP contribution in [0.25, 0.3) is 0 Å². The number of hydrogen-bond acceptors (Lipinski definition) is 3. The van der Waals surface area contributed by atoms with Crippen molar-refractivity contribution >= 4 is 35.0 Å². The van der Waals surface area contributed by atoms with Gasteiger partial charge in [0.15, 0.2) is 0 Å². The first kappa shape index (κ1) is 16.2. The van der Waals surface area contributed by atoms with E-state index in [0.717, 1.165) is 37.2 Å². The molecular weight excluding hydrogens is 332 g/mol. The molecule has 4 rings (SSSR count). The van der Waals surface area contributed by atoms with Crippen LogP contribution in [0, 0.1) is 0 Å². The molecule has 0 spiro atoms. The van der Waals surface area contributed by atoms with Crippen LogP contribution >= 0.6 is 11.8 Å². The lowest BCUT2D eigenvalue weighted by Crippen LogP contribution is -2.32. The molecule has 1 N–H and O–H groups in total. The number of thioether (sulfide) groups is 1. The van der Waals surface area contributed by atoms with Crippen LogP contribution in [0.5, 0.6) is 0 Å². The standard InChI is InChI=1S/C20H20N2O2S/c23-19(22-12-11-15-6-2-4-8-17(15)22)13-25-18-10-9-14-5-1-3-7-16(14)21-20(18)24/h1-8,18H,9-13H2,(H,21,24)/t18-/m0/s1. The Bertz CT molecular complexity index is 821. The van der Waals surface area contributed by atoms with Gasteiger partial charge in [0.25, 0.3) is 0 Å². The molecule has 2 aromatic rings. The van der Waals surface area contributed by atoms with Crippen molar-refractivity contribution in [3.63, 3.8) is 0 Å². The first-order valence-corrected chi connectivity index (χ1v) is 9.66. The van der Waals surface area contributed by atoms with Crippen molar-refractivity contribution in [3.05, 3.63) is 59.7 Å². The lowest BCUT2D eigenvalue weighted by atomic mass is 10.1. The highest BCUT2D eigenvalue weighted by Crippen LogP contribution is 2.30. The van der Waals surface area contributed by atoms with Crippen molar-refractivity contribution in [3.8, 4) is 0 Å². The summed E-state index contributed by atoms with van der Waals surface area (Å²) in [6.45, 7) is 0.737. The Morgan fingerprint density at radius 2 is 1.84 bits per heavy atom. The van der Waals surface area contributed by atoms with E-state index in [4.69, 9.17) is 0 Å². The first-order chi connectivity index (χ1) is 12.2. The van der Waals surface area contributed by atoms with E-state index in [0.29, 0.717) is 5.75 Å². The Kier molecular flexibility index (Phi) is 4.49. The summed E-state index contributed by atoms with van der Waals surface area (Å²) in [7, 11) is 0. The van der Waals surface area contributed by atoms with Crippen molar-refractivity contribution in [2.75, 3.05) is 22.5 Å². The first-order valence-electron chi connectivity index (χ1n) is 8.61. The fourth-order valence-electron chi connectivity index (χ4n) is 3.50. The van der Waals surface area contributed by atoms with Crippen LogP contribution in [0.4, 0.5) is 11.4 Å². The molecule has 0 fully saturated rings. The van der Waals surface area contributed by atoms with Crippen molar-refractivity contribution in [1.82, 2.24) is 0 Å². The molecular formula is C20H20N2O2S. The number of rotatable bonds is 3. The van der Waals surface area contributed by atoms with Crippen LogP contribution in [0.2, 0.25) is 0 Å². The number of para-hydroxylation sites is 2. The van der Waals surface area contributed by atoms with Crippen molar-refractivity contribution in [2.45, 2.75) is 24.5 Å². The maximum atomic E-state index is 12.6. The van der Waals surface area contributed by atoms with Gasteiger partial charge in [-0.1, -0.05) is 36.4 Å². The maximum Gasteiger partial charge on any atom is 0.237 e. The molecule has 0 aliphatic carbocycles. The molecule has 0 saturated carbocycles. The highest BCUT2D eigenvalue weighted by atomic mass is 32.2. The summed E-state index contributed by atoms with van der Waals surface area (Å²) in [6.07, 6.45) is 2.52. The Morgan fingerprint density at radius 1 is 1.08 bits per heavy atom. The molecule has 2 aliphatic rings. The average molecular weight is 352 g/mol. The second-order valence-electron chi connectivity index (χ2n) is 6.41. The number of nitrogens with zero attached hydrogens (tertiary/aromatic N) is 1. The minimum atomic E-state index is -0.186. The molecule has 128 valence electrons. The van der Waals surface area contributed by atoms with Gasteiger partial charge in [0, 0.05) is 17.9 Å². The van der Waals surface area contributed by atoms with Crippen molar-refractivity contribution < 1.29 is 9.59 Å². The summed E-state index contributed by atoms with van der Waals surface area (Å²) in [5.41, 5.74) is 4.31. The predicted molar refractivity (Wildman–Crippen MR) is 102 cm³/mol. The molecule has 0 saturated heterocycles. The van der Waals surface area contributed by atoms with Crippen molar-refractivity contribution in [1.29, 1.82) is 0 Å². The summed E-state index contributed by atoms with van der Waals surface area (Å²) in [5, 5.41) is 2.81. The van der Waals surface area contributed by atoms with Gasteiger partial charge in [0.05, 0.1) is 11.0 Å². The van der Waals surface area contributed by atoms with E-state index in [-0.39, 0.29) is 17.1 Å². The Labute approximate surface area is 151 Å². The molecule has 2 amide bonds. The number of anilines is 2. The number of aryl methyl sites for hydroxylation is 1. The summed E-state index contributed by atoms with van der Waals surface area (Å²) in [6, 6.07) is 16.0. The minimum absolute atomic E-state index is 0.00423. The Balaban J connectivity index is 1.39. The third-order valence-corrected chi connectivity index (χ3v) is 6.11. The Hall–Kier alpha value is -2.27. The van der Waals surface area contributed by atoms with E-state index >= 15 is 0 Å². The average Bonchev–Trinajstić information content (AvgIpc) is 2.99. The predicted octanol–water partition coefficient (Wildman–Crippen LogP) is 3.26. The van der Waals surface area contributed by atoms with Gasteiger partial charge in [0.2, 0.25) is 11.8 Å². The SMILES string of the molecule is O=C1Nc2ccccc2CC[C@@H]1SCC(=O)N1CCc2ccccc21. The molecule has 2 aromatic carbocycles. The molecule has 2 heterocycles. The zero-order valence-corrected chi connectivity index (χ0v) is 14.7. The molecule has 4 nitrogen and oxygen atoms in total. The fourth-order valence-corrected chi connectivity index (χ4v) is 4.49. The van der Waals surface area contributed by atoms with Crippen LogP contribution < -0.4 is 10.2 Å². The maximum absolute atomic E-state index is 12.6. The monoisotopic (exact) mass is 352 g/mol. The number of benzene rings is 2. The quantitative estimate of drug-likeness (QED) is 0.922. The number of hydrogen-bond donors (Lipinski definition) is 1. The lowest BCUT2D eigenvalue weighted by Gasteiger charge is -2.19. The van der Waals surface area contributed by atoms with Gasteiger partial charge in [-0.2, -0.15) is 0 Å². The summed E-state index contributed by atoms with van der Waals surface area (Å²) in [4.78, 5) is 26.9. The normalized spacial score (nSPS) is 19.0. The topological polar surface area (TPSA) is 49.4 Å². The Morgan fingerprint density at radius 3 is 2.72 bits per heavy atom. The molecule has 0 radical (unpaired) electrons.